The second-order valence-electron chi connectivity index (χ2n) is 4.72. The average Bonchev–Trinajstić information content (AvgIpc) is 2.51. The Morgan fingerprint density at radius 1 is 1.27 bits per heavy atom. The predicted molar refractivity (Wildman–Crippen MR) is 77.0 cm³/mol. The summed E-state index contributed by atoms with van der Waals surface area (Å²) in [6.45, 7) is -0.194. The molecule has 0 bridgehead atoms. The zero-order valence-electron chi connectivity index (χ0n) is 12.6. The molecule has 0 amide bonds. The summed E-state index contributed by atoms with van der Waals surface area (Å²) >= 11 is 0. The molecule has 0 spiro atoms. The second kappa shape index (κ2) is 8.89. The van der Waals surface area contributed by atoms with Gasteiger partial charge in [-0.05, 0) is 18.9 Å². The maximum Gasteiger partial charge on any atom is 0.303 e. The first-order valence-electron chi connectivity index (χ1n) is 6.76. The Balaban J connectivity index is 2.90. The Hall–Kier alpha value is -2.28. The number of carboxylic acid groups (broad SMARTS) is 1. The van der Waals surface area contributed by atoms with Crippen LogP contribution < -0.4 is 4.74 Å². The molecule has 1 aromatic heterocycles. The van der Waals surface area contributed by atoms with Crippen LogP contribution in [0.3, 0.4) is 0 Å². The fourth-order valence-corrected chi connectivity index (χ4v) is 2.00. The van der Waals surface area contributed by atoms with Gasteiger partial charge in [0, 0.05) is 25.3 Å². The topological polar surface area (TPSA) is 103 Å². The van der Waals surface area contributed by atoms with E-state index in [1.807, 2.05) is 0 Å². The largest absolute Gasteiger partial charge is 0.495 e. The summed E-state index contributed by atoms with van der Waals surface area (Å²) < 4.78 is 9.79. The lowest BCUT2D eigenvalue weighted by molar-refractivity contribution is -0.137. The van der Waals surface area contributed by atoms with Crippen LogP contribution in [0, 0.1) is 5.92 Å². The second-order valence-corrected chi connectivity index (χ2v) is 4.72. The average molecular weight is 309 g/mol. The van der Waals surface area contributed by atoms with E-state index in [-0.39, 0.29) is 37.2 Å². The normalized spacial score (nSPS) is 11.7. The lowest BCUT2D eigenvalue weighted by atomic mass is 9.89. The lowest BCUT2D eigenvalue weighted by Gasteiger charge is -2.14. The summed E-state index contributed by atoms with van der Waals surface area (Å²) in [4.78, 5) is 39.0. The number of Topliss-reactive ketones (excluding diaryl/α,β-unsaturated/α-hetero) is 2. The SMILES string of the molecule is COCC(=O)C(CCCC(=O)O)C(=O)c1cncc(OC)c1. The third-order valence-corrected chi connectivity index (χ3v) is 3.11. The van der Waals surface area contributed by atoms with Crippen molar-refractivity contribution >= 4 is 17.5 Å². The molecule has 0 aromatic carbocycles. The van der Waals surface area contributed by atoms with E-state index in [9.17, 15) is 14.4 Å². The van der Waals surface area contributed by atoms with Gasteiger partial charge in [0.15, 0.2) is 11.6 Å². The molecule has 1 N–H and O–H groups in total. The minimum atomic E-state index is -0.964. The summed E-state index contributed by atoms with van der Waals surface area (Å²) in [5, 5.41) is 8.67. The number of ether oxygens (including phenoxy) is 2. The summed E-state index contributed by atoms with van der Waals surface area (Å²) in [7, 11) is 2.81. The van der Waals surface area contributed by atoms with Gasteiger partial charge in [-0.1, -0.05) is 0 Å². The zero-order valence-corrected chi connectivity index (χ0v) is 12.6. The number of rotatable bonds is 10. The highest BCUT2D eigenvalue weighted by Crippen LogP contribution is 2.19. The highest BCUT2D eigenvalue weighted by molar-refractivity contribution is 6.11. The first kappa shape index (κ1) is 17.8. The number of methoxy groups -OCH3 is 2. The van der Waals surface area contributed by atoms with Crippen molar-refractivity contribution in [2.24, 2.45) is 5.92 Å². The molecule has 0 fully saturated rings. The third kappa shape index (κ3) is 5.25. The Kier molecular flexibility index (Phi) is 7.18. The van der Waals surface area contributed by atoms with Gasteiger partial charge in [-0.15, -0.1) is 0 Å². The minimum Gasteiger partial charge on any atom is -0.495 e. The Morgan fingerprint density at radius 3 is 2.59 bits per heavy atom. The van der Waals surface area contributed by atoms with Crippen LogP contribution in [0.1, 0.15) is 29.6 Å². The number of hydrogen-bond donors (Lipinski definition) is 1. The van der Waals surface area contributed by atoms with E-state index in [4.69, 9.17) is 14.6 Å². The molecular formula is C15H19NO6. The molecule has 0 aliphatic rings. The minimum absolute atomic E-state index is 0.0968. The monoisotopic (exact) mass is 309 g/mol. The van der Waals surface area contributed by atoms with E-state index in [2.05, 4.69) is 4.98 Å². The molecule has 0 saturated heterocycles. The molecule has 120 valence electrons. The summed E-state index contributed by atoms with van der Waals surface area (Å²) in [5.41, 5.74) is 0.254. The van der Waals surface area contributed by atoms with Gasteiger partial charge in [0.1, 0.15) is 12.4 Å². The molecule has 1 rings (SSSR count). The first-order valence-corrected chi connectivity index (χ1v) is 6.76. The van der Waals surface area contributed by atoms with E-state index in [1.165, 1.54) is 32.7 Å². The first-order chi connectivity index (χ1) is 10.5. The van der Waals surface area contributed by atoms with Crippen LogP contribution in [-0.4, -0.2) is 48.5 Å². The zero-order chi connectivity index (χ0) is 16.5. The van der Waals surface area contributed by atoms with Crippen molar-refractivity contribution in [3.8, 4) is 5.75 Å². The van der Waals surface area contributed by atoms with Crippen LogP contribution in [0.25, 0.3) is 0 Å². The molecule has 1 atom stereocenters. The number of aliphatic carboxylic acids is 1. The fourth-order valence-electron chi connectivity index (χ4n) is 2.00. The Bertz CT molecular complexity index is 543. The number of carbonyl (C=O) groups is 3. The molecule has 0 aliphatic carbocycles. The van der Waals surface area contributed by atoms with E-state index in [0.717, 1.165) is 0 Å². The van der Waals surface area contributed by atoms with Gasteiger partial charge in [0.05, 0.1) is 19.2 Å². The number of carboxylic acids is 1. The van der Waals surface area contributed by atoms with E-state index in [0.29, 0.717) is 5.75 Å². The van der Waals surface area contributed by atoms with Crippen molar-refractivity contribution in [3.63, 3.8) is 0 Å². The lowest BCUT2D eigenvalue weighted by Crippen LogP contribution is -2.27. The number of hydrogen-bond acceptors (Lipinski definition) is 6. The number of aromatic nitrogens is 1. The number of nitrogens with zero attached hydrogens (tertiary/aromatic N) is 1. The van der Waals surface area contributed by atoms with Gasteiger partial charge in [-0.3, -0.25) is 19.4 Å². The maximum atomic E-state index is 12.5. The molecule has 0 saturated carbocycles. The quantitative estimate of drug-likeness (QED) is 0.514. The number of carbonyl (C=O) groups excluding carboxylic acids is 2. The Morgan fingerprint density at radius 2 is 2.00 bits per heavy atom. The predicted octanol–water partition coefficient (Wildman–Crippen LogP) is 1.36. The van der Waals surface area contributed by atoms with Crippen LogP contribution in [-0.2, 0) is 14.3 Å². The maximum absolute atomic E-state index is 12.5. The van der Waals surface area contributed by atoms with Crippen LogP contribution >= 0.6 is 0 Å². The van der Waals surface area contributed by atoms with Gasteiger partial charge in [0.2, 0.25) is 0 Å². The summed E-state index contributed by atoms with van der Waals surface area (Å²) in [5.74, 6) is -2.27. The third-order valence-electron chi connectivity index (χ3n) is 3.11. The highest BCUT2D eigenvalue weighted by Gasteiger charge is 2.27. The molecule has 1 unspecified atom stereocenters. The molecule has 1 aromatic rings. The molecule has 7 heteroatoms. The van der Waals surface area contributed by atoms with E-state index in [1.54, 1.807) is 0 Å². The van der Waals surface area contributed by atoms with Crippen molar-refractivity contribution in [3.05, 3.63) is 24.0 Å². The fraction of sp³-hybridized carbons (Fsp3) is 0.467. The highest BCUT2D eigenvalue weighted by atomic mass is 16.5. The van der Waals surface area contributed by atoms with Crippen LogP contribution in [0.5, 0.6) is 5.75 Å². The van der Waals surface area contributed by atoms with E-state index >= 15 is 0 Å². The van der Waals surface area contributed by atoms with Gasteiger partial charge in [-0.2, -0.15) is 0 Å². The van der Waals surface area contributed by atoms with Crippen LogP contribution in [0.4, 0.5) is 0 Å². The molecule has 1 heterocycles. The Labute approximate surface area is 128 Å². The van der Waals surface area contributed by atoms with Crippen molar-refractivity contribution in [1.82, 2.24) is 4.98 Å². The van der Waals surface area contributed by atoms with Gasteiger partial charge < -0.3 is 14.6 Å². The van der Waals surface area contributed by atoms with Gasteiger partial charge in [-0.25, -0.2) is 0 Å². The van der Waals surface area contributed by atoms with Gasteiger partial charge in [0.25, 0.3) is 0 Å². The smallest absolute Gasteiger partial charge is 0.303 e. The van der Waals surface area contributed by atoms with Crippen LogP contribution in [0.2, 0.25) is 0 Å². The molecular weight excluding hydrogens is 290 g/mol. The summed E-state index contributed by atoms with van der Waals surface area (Å²) in [6.07, 6.45) is 3.10. The number of ketones is 2. The standard InChI is InChI=1S/C15H19NO6/c1-21-9-13(17)12(4-3-5-14(18)19)15(20)10-6-11(22-2)8-16-7-10/h6-8,12H,3-5,9H2,1-2H3,(H,18,19). The molecule has 22 heavy (non-hydrogen) atoms. The van der Waals surface area contributed by atoms with Crippen molar-refractivity contribution in [2.45, 2.75) is 19.3 Å². The van der Waals surface area contributed by atoms with Gasteiger partial charge >= 0.3 is 5.97 Å². The van der Waals surface area contributed by atoms with Crippen molar-refractivity contribution in [2.75, 3.05) is 20.8 Å². The molecule has 0 radical (unpaired) electrons. The van der Waals surface area contributed by atoms with Crippen LogP contribution in [0.15, 0.2) is 18.5 Å². The van der Waals surface area contributed by atoms with Crippen molar-refractivity contribution in [1.29, 1.82) is 0 Å². The summed E-state index contributed by atoms with van der Waals surface area (Å²) in [6, 6.07) is 1.50. The van der Waals surface area contributed by atoms with E-state index < -0.39 is 17.7 Å². The molecule has 0 aliphatic heterocycles. The molecule has 7 nitrogen and oxygen atoms in total. The van der Waals surface area contributed by atoms with Crippen molar-refractivity contribution < 1.29 is 29.0 Å². The number of pyridine rings is 1.